The van der Waals surface area contributed by atoms with Gasteiger partial charge < -0.3 is 4.90 Å². The van der Waals surface area contributed by atoms with Gasteiger partial charge >= 0.3 is 0 Å². The van der Waals surface area contributed by atoms with Gasteiger partial charge in [-0.2, -0.15) is 0 Å². The predicted molar refractivity (Wildman–Crippen MR) is 295 cm³/mol. The second kappa shape index (κ2) is 14.4. The lowest BCUT2D eigenvalue weighted by molar-refractivity contribution is 0.586. The van der Waals surface area contributed by atoms with Crippen molar-refractivity contribution in [1.82, 2.24) is 0 Å². The maximum absolute atomic E-state index is 2.61. The Morgan fingerprint density at radius 2 is 0.757 bits per heavy atom. The van der Waals surface area contributed by atoms with Crippen molar-refractivity contribution in [1.29, 1.82) is 0 Å². The lowest BCUT2D eigenvalue weighted by Gasteiger charge is -2.34. The molecular formula is C69H61N. The van der Waals surface area contributed by atoms with E-state index in [1.807, 2.05) is 0 Å². The zero-order valence-electron chi connectivity index (χ0n) is 42.3. The fraction of sp³-hybridized carbons (Fsp3) is 0.217. The Hall–Kier alpha value is -7.22. The van der Waals surface area contributed by atoms with Crippen LogP contribution in [0.1, 0.15) is 125 Å². The van der Waals surface area contributed by atoms with E-state index in [0.29, 0.717) is 0 Å². The molecule has 0 fully saturated rings. The minimum atomic E-state index is -0.513. The molecule has 0 aromatic heterocycles. The second-order valence-corrected chi connectivity index (χ2v) is 23.7. The van der Waals surface area contributed by atoms with Gasteiger partial charge in [-0.1, -0.05) is 221 Å². The molecule has 0 saturated carbocycles. The summed E-state index contributed by atoms with van der Waals surface area (Å²) in [5, 5.41) is 0. The molecule has 0 saturated heterocycles. The van der Waals surface area contributed by atoms with Crippen LogP contribution in [0, 0.1) is 0 Å². The minimum Gasteiger partial charge on any atom is -0.310 e. The summed E-state index contributed by atoms with van der Waals surface area (Å²) >= 11 is 0. The maximum atomic E-state index is 2.61. The lowest BCUT2D eigenvalue weighted by Crippen LogP contribution is -2.27. The molecule has 4 aliphatic rings. The minimum absolute atomic E-state index is 0.0215. The quantitative estimate of drug-likeness (QED) is 0.170. The van der Waals surface area contributed by atoms with Gasteiger partial charge in [0.05, 0.1) is 11.1 Å². The van der Waals surface area contributed by atoms with Crippen LogP contribution in [-0.4, -0.2) is 0 Å². The third-order valence-corrected chi connectivity index (χ3v) is 17.0. The number of benzene rings is 9. The van der Waals surface area contributed by atoms with Crippen LogP contribution in [-0.2, 0) is 27.1 Å². The van der Waals surface area contributed by atoms with E-state index in [1.165, 1.54) is 128 Å². The van der Waals surface area contributed by atoms with E-state index in [0.717, 1.165) is 0 Å². The van der Waals surface area contributed by atoms with Gasteiger partial charge in [-0.3, -0.25) is 0 Å². The molecule has 9 aromatic rings. The smallest absolute Gasteiger partial charge is 0.0726 e. The lowest BCUT2D eigenvalue weighted by atomic mass is 9.69. The number of anilines is 3. The molecule has 0 heterocycles. The van der Waals surface area contributed by atoms with Gasteiger partial charge in [0.1, 0.15) is 0 Å². The molecule has 70 heavy (non-hydrogen) atoms. The first kappa shape index (κ1) is 42.8. The molecule has 9 aromatic carbocycles. The van der Waals surface area contributed by atoms with Gasteiger partial charge in [0.25, 0.3) is 0 Å². The standard InChI is InChI=1S/C69H61N/c1-65(2,3)44-28-33-52-53-34-29-45(66(4,5)6)39-62(53)69(61(52)38-44)56-24-17-15-22-54(56)64-57(69)25-18-26-63(64)70(46-30-35-50-48-21-14-16-23-55(48)67(7,8)59(50)40-46)47-31-36-51-49-32-27-43(42-19-12-11-13-20-42)37-58(49)68(9,10)60(51)41-47/h11-41H,1-10H3. The van der Waals surface area contributed by atoms with Crippen LogP contribution in [0.2, 0.25) is 0 Å². The first-order chi connectivity index (χ1) is 33.5. The SMILES string of the molecule is CC(C)(C)c1ccc2c(c1)C1(c3cc(C(C)(C)C)ccc3-2)c2ccccc2-c2c(N(c3ccc4c(c3)C(C)(C)c3ccccc3-4)c3ccc4c(c3)C(C)(C)c3cc(-c5ccccc5)ccc3-4)cccc21. The predicted octanol–water partition coefficient (Wildman–Crippen LogP) is 18.4. The number of hydrogen-bond donors (Lipinski definition) is 0. The van der Waals surface area contributed by atoms with Crippen molar-refractivity contribution in [2.75, 3.05) is 4.90 Å². The van der Waals surface area contributed by atoms with Crippen molar-refractivity contribution in [3.8, 4) is 55.6 Å². The third-order valence-electron chi connectivity index (χ3n) is 17.0. The first-order valence-electron chi connectivity index (χ1n) is 25.4. The Kier molecular flexibility index (Phi) is 8.83. The molecule has 342 valence electrons. The summed E-state index contributed by atoms with van der Waals surface area (Å²) in [6.45, 7) is 23.7. The van der Waals surface area contributed by atoms with Gasteiger partial charge in [0.15, 0.2) is 0 Å². The molecule has 0 N–H and O–H groups in total. The van der Waals surface area contributed by atoms with E-state index in [1.54, 1.807) is 0 Å². The number of rotatable bonds is 4. The molecule has 0 bridgehead atoms. The van der Waals surface area contributed by atoms with Crippen LogP contribution in [0.15, 0.2) is 188 Å². The molecular weight excluding hydrogens is 843 g/mol. The Morgan fingerprint density at radius 3 is 1.34 bits per heavy atom. The second-order valence-electron chi connectivity index (χ2n) is 23.7. The molecule has 1 spiro atoms. The summed E-state index contributed by atoms with van der Waals surface area (Å²) in [4.78, 5) is 2.61. The van der Waals surface area contributed by atoms with Crippen molar-refractivity contribution in [3.63, 3.8) is 0 Å². The molecule has 0 atom stereocenters. The highest BCUT2D eigenvalue weighted by Crippen LogP contribution is 2.66. The molecule has 1 nitrogen and oxygen atoms in total. The van der Waals surface area contributed by atoms with Crippen molar-refractivity contribution >= 4 is 17.1 Å². The Labute approximate surface area is 415 Å². The fourth-order valence-corrected chi connectivity index (χ4v) is 13.3. The van der Waals surface area contributed by atoms with Crippen LogP contribution in [0.3, 0.4) is 0 Å². The highest BCUT2D eigenvalue weighted by atomic mass is 15.1. The average molecular weight is 904 g/mol. The highest BCUT2D eigenvalue weighted by Gasteiger charge is 2.53. The van der Waals surface area contributed by atoms with E-state index in [9.17, 15) is 0 Å². The number of fused-ring (bicyclic) bond motifs is 16. The first-order valence-corrected chi connectivity index (χ1v) is 25.4. The fourth-order valence-electron chi connectivity index (χ4n) is 13.3. The van der Waals surface area contributed by atoms with Crippen LogP contribution in [0.5, 0.6) is 0 Å². The largest absolute Gasteiger partial charge is 0.310 e. The van der Waals surface area contributed by atoms with Gasteiger partial charge in [-0.25, -0.2) is 0 Å². The highest BCUT2D eigenvalue weighted by molar-refractivity contribution is 6.02. The monoisotopic (exact) mass is 903 g/mol. The number of hydrogen-bond acceptors (Lipinski definition) is 1. The molecule has 0 radical (unpaired) electrons. The Morgan fingerprint density at radius 1 is 0.314 bits per heavy atom. The van der Waals surface area contributed by atoms with Crippen LogP contribution in [0.4, 0.5) is 17.1 Å². The average Bonchev–Trinajstić information content (AvgIpc) is 3.98. The van der Waals surface area contributed by atoms with Crippen LogP contribution < -0.4 is 4.90 Å². The zero-order valence-corrected chi connectivity index (χ0v) is 42.3. The van der Waals surface area contributed by atoms with E-state index < -0.39 is 5.41 Å². The Bertz CT molecular complexity index is 3610. The van der Waals surface area contributed by atoms with Gasteiger partial charge in [0.2, 0.25) is 0 Å². The zero-order chi connectivity index (χ0) is 48.3. The summed E-state index contributed by atoms with van der Waals surface area (Å²) in [6.07, 6.45) is 0. The van der Waals surface area contributed by atoms with E-state index in [4.69, 9.17) is 0 Å². The topological polar surface area (TPSA) is 3.24 Å². The molecule has 0 aliphatic heterocycles. The van der Waals surface area contributed by atoms with Crippen LogP contribution >= 0.6 is 0 Å². The third kappa shape index (κ3) is 5.78. The maximum Gasteiger partial charge on any atom is 0.0726 e. The van der Waals surface area contributed by atoms with Gasteiger partial charge in [0, 0.05) is 27.8 Å². The Balaban J connectivity index is 1.08. The van der Waals surface area contributed by atoms with Gasteiger partial charge in [-0.05, 0) is 153 Å². The van der Waals surface area contributed by atoms with Gasteiger partial charge in [-0.15, -0.1) is 0 Å². The van der Waals surface area contributed by atoms with Crippen molar-refractivity contribution < 1.29 is 0 Å². The van der Waals surface area contributed by atoms with Crippen molar-refractivity contribution in [3.05, 3.63) is 244 Å². The summed E-state index contributed by atoms with van der Waals surface area (Å²) in [5.74, 6) is 0. The number of nitrogens with zero attached hydrogens (tertiary/aromatic N) is 1. The van der Waals surface area contributed by atoms with E-state index >= 15 is 0 Å². The summed E-state index contributed by atoms with van der Waals surface area (Å²) in [7, 11) is 0. The summed E-state index contributed by atoms with van der Waals surface area (Å²) in [6, 6.07) is 72.8. The molecule has 4 aliphatic carbocycles. The molecule has 0 unspecified atom stereocenters. The molecule has 1 heteroatoms. The van der Waals surface area contributed by atoms with Crippen molar-refractivity contribution in [2.24, 2.45) is 0 Å². The van der Waals surface area contributed by atoms with Crippen LogP contribution in [0.25, 0.3) is 55.6 Å². The summed E-state index contributed by atoms with van der Waals surface area (Å²) in [5.41, 5.74) is 29.4. The normalized spacial score (nSPS) is 15.6. The van der Waals surface area contributed by atoms with E-state index in [-0.39, 0.29) is 21.7 Å². The van der Waals surface area contributed by atoms with E-state index in [2.05, 4.69) is 262 Å². The summed E-state index contributed by atoms with van der Waals surface area (Å²) < 4.78 is 0. The molecule has 13 rings (SSSR count). The molecule has 0 amide bonds. The van der Waals surface area contributed by atoms with Crippen molar-refractivity contribution in [2.45, 2.75) is 96.3 Å².